The lowest BCUT2D eigenvalue weighted by molar-refractivity contribution is 0.484. The van der Waals surface area contributed by atoms with Gasteiger partial charge in [-0.15, -0.1) is 0 Å². The predicted octanol–water partition coefficient (Wildman–Crippen LogP) is 3.96. The summed E-state index contributed by atoms with van der Waals surface area (Å²) < 4.78 is 0. The first-order valence-electron chi connectivity index (χ1n) is 7.05. The van der Waals surface area contributed by atoms with Gasteiger partial charge in [0.15, 0.2) is 0 Å². The van der Waals surface area contributed by atoms with E-state index in [9.17, 15) is 0 Å². The van der Waals surface area contributed by atoms with Gasteiger partial charge in [0.25, 0.3) is 0 Å². The van der Waals surface area contributed by atoms with E-state index in [1.165, 1.54) is 49.7 Å². The molecule has 0 amide bonds. The van der Waals surface area contributed by atoms with Crippen LogP contribution < -0.4 is 5.32 Å². The van der Waals surface area contributed by atoms with Crippen LogP contribution in [-0.2, 0) is 12.8 Å². The average Bonchev–Trinajstić information content (AvgIpc) is 2.35. The first-order chi connectivity index (χ1) is 8.30. The number of rotatable bonds is 8. The topological polar surface area (TPSA) is 12.0 Å². The van der Waals surface area contributed by atoms with Crippen molar-refractivity contribution in [1.29, 1.82) is 0 Å². The van der Waals surface area contributed by atoms with Crippen LogP contribution >= 0.6 is 0 Å². The molecular weight excluding hydrogens is 206 g/mol. The molecule has 0 aliphatic carbocycles. The Hall–Kier alpha value is -0.820. The van der Waals surface area contributed by atoms with Crippen molar-refractivity contribution in [3.63, 3.8) is 0 Å². The Morgan fingerprint density at radius 3 is 2.29 bits per heavy atom. The zero-order chi connectivity index (χ0) is 12.5. The van der Waals surface area contributed by atoms with E-state index >= 15 is 0 Å². The molecule has 0 spiro atoms. The van der Waals surface area contributed by atoms with Crippen LogP contribution in [0.25, 0.3) is 0 Å². The lowest BCUT2D eigenvalue weighted by Gasteiger charge is -2.15. The lowest BCUT2D eigenvalue weighted by atomic mass is 9.99. The highest BCUT2D eigenvalue weighted by Gasteiger charge is 2.05. The Kier molecular flexibility index (Phi) is 6.95. The summed E-state index contributed by atoms with van der Waals surface area (Å²) in [5, 5.41) is 3.41. The minimum absolute atomic E-state index is 0.676. The number of aryl methyl sites for hydroxylation is 2. The Morgan fingerprint density at radius 2 is 1.71 bits per heavy atom. The quantitative estimate of drug-likeness (QED) is 0.716. The highest BCUT2D eigenvalue weighted by atomic mass is 14.9. The van der Waals surface area contributed by atoms with Crippen molar-refractivity contribution in [2.75, 3.05) is 7.05 Å². The van der Waals surface area contributed by atoms with Gasteiger partial charge in [0.1, 0.15) is 0 Å². The highest BCUT2D eigenvalue weighted by molar-refractivity contribution is 5.23. The molecule has 96 valence electrons. The summed E-state index contributed by atoms with van der Waals surface area (Å²) in [4.78, 5) is 0. The van der Waals surface area contributed by atoms with E-state index in [4.69, 9.17) is 0 Å². The molecule has 1 N–H and O–H groups in total. The van der Waals surface area contributed by atoms with Crippen LogP contribution in [0.5, 0.6) is 0 Å². The van der Waals surface area contributed by atoms with Crippen LogP contribution in [0.4, 0.5) is 0 Å². The predicted molar refractivity (Wildman–Crippen MR) is 76.5 cm³/mol. The fraction of sp³-hybridized carbons (Fsp3) is 0.625. The van der Waals surface area contributed by atoms with E-state index in [-0.39, 0.29) is 0 Å². The molecule has 0 aliphatic heterocycles. The van der Waals surface area contributed by atoms with E-state index in [0.717, 1.165) is 0 Å². The fourth-order valence-electron chi connectivity index (χ4n) is 2.35. The maximum atomic E-state index is 3.41. The molecule has 1 atom stereocenters. The summed E-state index contributed by atoms with van der Waals surface area (Å²) in [5.74, 6) is 0. The number of benzene rings is 1. The fourth-order valence-corrected chi connectivity index (χ4v) is 2.35. The molecule has 0 heterocycles. The highest BCUT2D eigenvalue weighted by Crippen LogP contribution is 2.12. The van der Waals surface area contributed by atoms with Crippen LogP contribution in [-0.4, -0.2) is 13.1 Å². The maximum Gasteiger partial charge on any atom is 0.00671 e. The first-order valence-corrected chi connectivity index (χ1v) is 7.05. The Labute approximate surface area is 107 Å². The van der Waals surface area contributed by atoms with Gasteiger partial charge in [-0.2, -0.15) is 0 Å². The second-order valence-electron chi connectivity index (χ2n) is 4.88. The zero-order valence-electron chi connectivity index (χ0n) is 11.6. The zero-order valence-corrected chi connectivity index (χ0v) is 11.6. The summed E-state index contributed by atoms with van der Waals surface area (Å²) in [6, 6.07) is 9.76. The molecule has 0 radical (unpaired) electrons. The summed E-state index contributed by atoms with van der Waals surface area (Å²) in [6.07, 6.45) is 7.44. The summed E-state index contributed by atoms with van der Waals surface area (Å²) in [6.45, 7) is 4.50. The maximum absolute atomic E-state index is 3.41. The molecule has 1 unspecified atom stereocenters. The molecule has 1 heteroatoms. The summed E-state index contributed by atoms with van der Waals surface area (Å²) in [7, 11) is 2.08. The van der Waals surface area contributed by atoms with Gasteiger partial charge in [0.2, 0.25) is 0 Å². The number of nitrogens with one attached hydrogen (secondary N) is 1. The van der Waals surface area contributed by atoms with Crippen LogP contribution in [0.15, 0.2) is 24.3 Å². The van der Waals surface area contributed by atoms with Crippen molar-refractivity contribution in [3.8, 4) is 0 Å². The van der Waals surface area contributed by atoms with Crippen molar-refractivity contribution in [2.24, 2.45) is 0 Å². The molecule has 17 heavy (non-hydrogen) atoms. The van der Waals surface area contributed by atoms with Gasteiger partial charge in [-0.3, -0.25) is 0 Å². The third kappa shape index (κ3) is 5.36. The molecule has 1 aromatic carbocycles. The van der Waals surface area contributed by atoms with E-state index in [1.54, 1.807) is 0 Å². The molecule has 0 saturated carbocycles. The first kappa shape index (κ1) is 14.2. The molecular formula is C16H27N. The largest absolute Gasteiger partial charge is 0.317 e. The van der Waals surface area contributed by atoms with E-state index in [1.807, 2.05) is 0 Å². The molecule has 0 aliphatic rings. The molecule has 1 aromatic rings. The van der Waals surface area contributed by atoms with Gasteiger partial charge < -0.3 is 5.32 Å². The van der Waals surface area contributed by atoms with Gasteiger partial charge in [-0.25, -0.2) is 0 Å². The molecule has 0 fully saturated rings. The van der Waals surface area contributed by atoms with Gasteiger partial charge in [0.05, 0.1) is 0 Å². The van der Waals surface area contributed by atoms with Gasteiger partial charge in [-0.1, -0.05) is 51.0 Å². The van der Waals surface area contributed by atoms with Gasteiger partial charge in [0, 0.05) is 6.04 Å². The van der Waals surface area contributed by atoms with Crippen LogP contribution in [0.3, 0.4) is 0 Å². The summed E-state index contributed by atoms with van der Waals surface area (Å²) in [5.41, 5.74) is 2.98. The van der Waals surface area contributed by atoms with Crippen molar-refractivity contribution >= 4 is 0 Å². The van der Waals surface area contributed by atoms with Crippen molar-refractivity contribution in [1.82, 2.24) is 5.32 Å². The second kappa shape index (κ2) is 8.30. The van der Waals surface area contributed by atoms with Crippen molar-refractivity contribution in [2.45, 2.75) is 58.4 Å². The standard InChI is InChI=1S/C16H27N/c1-4-7-14-9-6-10-15(13-14)11-12-16(17-3)8-5-2/h6,9-10,13,16-17H,4-5,7-8,11-12H2,1-3H3. The van der Waals surface area contributed by atoms with Crippen LogP contribution in [0, 0.1) is 0 Å². The molecule has 1 rings (SSSR count). The Bertz CT molecular complexity index is 306. The minimum atomic E-state index is 0.676. The molecule has 1 nitrogen and oxygen atoms in total. The SMILES string of the molecule is CCCc1cccc(CCC(CCC)NC)c1. The third-order valence-corrected chi connectivity index (χ3v) is 3.36. The van der Waals surface area contributed by atoms with Crippen LogP contribution in [0.1, 0.15) is 50.7 Å². The second-order valence-corrected chi connectivity index (χ2v) is 4.88. The number of hydrogen-bond acceptors (Lipinski definition) is 1. The number of hydrogen-bond donors (Lipinski definition) is 1. The Morgan fingerprint density at radius 1 is 1.00 bits per heavy atom. The Balaban J connectivity index is 2.47. The average molecular weight is 233 g/mol. The van der Waals surface area contributed by atoms with E-state index in [0.29, 0.717) is 6.04 Å². The van der Waals surface area contributed by atoms with Crippen LogP contribution in [0.2, 0.25) is 0 Å². The van der Waals surface area contributed by atoms with Gasteiger partial charge in [-0.05, 0) is 43.9 Å². The smallest absolute Gasteiger partial charge is 0.00671 e. The molecule has 0 aromatic heterocycles. The van der Waals surface area contributed by atoms with Crippen molar-refractivity contribution in [3.05, 3.63) is 35.4 Å². The lowest BCUT2D eigenvalue weighted by Crippen LogP contribution is -2.25. The monoisotopic (exact) mass is 233 g/mol. The van der Waals surface area contributed by atoms with Crippen molar-refractivity contribution < 1.29 is 0 Å². The summed E-state index contributed by atoms with van der Waals surface area (Å²) >= 11 is 0. The molecule has 0 saturated heterocycles. The minimum Gasteiger partial charge on any atom is -0.317 e. The normalized spacial score (nSPS) is 12.6. The molecule has 0 bridgehead atoms. The van der Waals surface area contributed by atoms with Gasteiger partial charge >= 0.3 is 0 Å². The third-order valence-electron chi connectivity index (χ3n) is 3.36. The van der Waals surface area contributed by atoms with E-state index < -0.39 is 0 Å². The van der Waals surface area contributed by atoms with E-state index in [2.05, 4.69) is 50.5 Å².